The minimum Gasteiger partial charge on any atom is -0.399 e. The summed E-state index contributed by atoms with van der Waals surface area (Å²) in [6.07, 6.45) is 0. The highest BCUT2D eigenvalue weighted by Gasteiger charge is 2.07. The molecule has 0 aliphatic carbocycles. The number of anilines is 1. The SMILES string of the molecule is CN(Cc1ccccc1Br)Cc1cc(N)ccc1Br. The molecule has 0 amide bonds. The third kappa shape index (κ3) is 4.06. The summed E-state index contributed by atoms with van der Waals surface area (Å²) in [5.74, 6) is 0. The van der Waals surface area contributed by atoms with E-state index < -0.39 is 0 Å². The molecule has 2 nitrogen and oxygen atoms in total. The van der Waals surface area contributed by atoms with Crippen molar-refractivity contribution in [3.63, 3.8) is 0 Å². The van der Waals surface area contributed by atoms with E-state index in [1.165, 1.54) is 11.1 Å². The van der Waals surface area contributed by atoms with Crippen molar-refractivity contribution in [1.29, 1.82) is 0 Å². The standard InChI is InChI=1S/C15H16Br2N2/c1-19(9-11-4-2-3-5-14(11)16)10-12-8-13(18)6-7-15(12)17/h2-8H,9-10,18H2,1H3. The molecule has 0 radical (unpaired) electrons. The van der Waals surface area contributed by atoms with E-state index in [-0.39, 0.29) is 0 Å². The van der Waals surface area contributed by atoms with E-state index in [2.05, 4.69) is 62.0 Å². The fourth-order valence-corrected chi connectivity index (χ4v) is 2.76. The molecule has 0 atom stereocenters. The van der Waals surface area contributed by atoms with Crippen molar-refractivity contribution < 1.29 is 0 Å². The fraction of sp³-hybridized carbons (Fsp3) is 0.200. The van der Waals surface area contributed by atoms with Gasteiger partial charge in [0.15, 0.2) is 0 Å². The van der Waals surface area contributed by atoms with Crippen LogP contribution in [0.3, 0.4) is 0 Å². The molecule has 0 spiro atoms. The number of hydrogen-bond acceptors (Lipinski definition) is 2. The zero-order valence-electron chi connectivity index (χ0n) is 10.7. The Hall–Kier alpha value is -0.840. The molecule has 0 aromatic heterocycles. The second-order valence-corrected chi connectivity index (χ2v) is 6.32. The molecular formula is C15H16Br2N2. The first-order valence-corrected chi connectivity index (χ1v) is 7.60. The van der Waals surface area contributed by atoms with Gasteiger partial charge in [-0.3, -0.25) is 4.90 Å². The Balaban J connectivity index is 2.07. The maximum Gasteiger partial charge on any atom is 0.0318 e. The third-order valence-corrected chi connectivity index (χ3v) is 4.46. The van der Waals surface area contributed by atoms with Crippen molar-refractivity contribution in [1.82, 2.24) is 4.90 Å². The van der Waals surface area contributed by atoms with Gasteiger partial charge in [-0.2, -0.15) is 0 Å². The van der Waals surface area contributed by atoms with Crippen molar-refractivity contribution in [3.05, 3.63) is 62.5 Å². The van der Waals surface area contributed by atoms with Crippen LogP contribution in [0.25, 0.3) is 0 Å². The molecular weight excluding hydrogens is 368 g/mol. The van der Waals surface area contributed by atoms with E-state index in [1.54, 1.807) is 0 Å². The highest BCUT2D eigenvalue weighted by Crippen LogP contribution is 2.22. The van der Waals surface area contributed by atoms with Crippen LogP contribution in [-0.4, -0.2) is 11.9 Å². The van der Waals surface area contributed by atoms with Gasteiger partial charge in [-0.15, -0.1) is 0 Å². The lowest BCUT2D eigenvalue weighted by Gasteiger charge is -2.18. The lowest BCUT2D eigenvalue weighted by Crippen LogP contribution is -2.17. The van der Waals surface area contributed by atoms with Crippen molar-refractivity contribution in [3.8, 4) is 0 Å². The molecule has 2 aromatic carbocycles. The second kappa shape index (κ2) is 6.55. The first-order chi connectivity index (χ1) is 9.06. The Labute approximate surface area is 130 Å². The van der Waals surface area contributed by atoms with Crippen LogP contribution in [0.4, 0.5) is 5.69 Å². The summed E-state index contributed by atoms with van der Waals surface area (Å²) in [5.41, 5.74) is 9.12. The number of benzene rings is 2. The van der Waals surface area contributed by atoms with Crippen LogP contribution in [0.5, 0.6) is 0 Å². The first-order valence-electron chi connectivity index (χ1n) is 6.02. The van der Waals surface area contributed by atoms with E-state index in [1.807, 2.05) is 24.3 Å². The number of halogens is 2. The smallest absolute Gasteiger partial charge is 0.0318 e. The molecule has 0 aliphatic heterocycles. The molecule has 2 aromatic rings. The minimum absolute atomic E-state index is 0.799. The Morgan fingerprint density at radius 1 is 0.947 bits per heavy atom. The molecule has 100 valence electrons. The Kier molecular flexibility index (Phi) is 5.02. The lowest BCUT2D eigenvalue weighted by molar-refractivity contribution is 0.318. The van der Waals surface area contributed by atoms with Crippen molar-refractivity contribution >= 4 is 37.5 Å². The van der Waals surface area contributed by atoms with Crippen molar-refractivity contribution in [2.45, 2.75) is 13.1 Å². The van der Waals surface area contributed by atoms with Gasteiger partial charge in [0.2, 0.25) is 0 Å². The topological polar surface area (TPSA) is 29.3 Å². The van der Waals surface area contributed by atoms with Gasteiger partial charge >= 0.3 is 0 Å². The summed E-state index contributed by atoms with van der Waals surface area (Å²) < 4.78 is 2.24. The zero-order chi connectivity index (χ0) is 13.8. The van der Waals surface area contributed by atoms with Gasteiger partial charge in [-0.25, -0.2) is 0 Å². The molecule has 0 fully saturated rings. The average Bonchev–Trinajstić information content (AvgIpc) is 2.37. The third-order valence-electron chi connectivity index (χ3n) is 2.91. The molecule has 0 heterocycles. The molecule has 2 rings (SSSR count). The largest absolute Gasteiger partial charge is 0.399 e. The lowest BCUT2D eigenvalue weighted by atomic mass is 10.1. The summed E-state index contributed by atoms with van der Waals surface area (Å²) in [5, 5.41) is 0. The Bertz CT molecular complexity index is 570. The quantitative estimate of drug-likeness (QED) is 0.791. The molecule has 0 aliphatic rings. The van der Waals surface area contributed by atoms with E-state index in [0.29, 0.717) is 0 Å². The van der Waals surface area contributed by atoms with Gasteiger partial charge in [0.05, 0.1) is 0 Å². The minimum atomic E-state index is 0.799. The number of hydrogen-bond donors (Lipinski definition) is 1. The Morgan fingerprint density at radius 3 is 2.32 bits per heavy atom. The van der Waals surface area contributed by atoms with Gasteiger partial charge in [0.1, 0.15) is 0 Å². The summed E-state index contributed by atoms with van der Waals surface area (Å²) in [4.78, 5) is 2.26. The highest BCUT2D eigenvalue weighted by molar-refractivity contribution is 9.10. The molecule has 2 N–H and O–H groups in total. The van der Waals surface area contributed by atoms with Gasteiger partial charge in [-0.1, -0.05) is 50.1 Å². The maximum atomic E-state index is 5.83. The number of nitrogens with two attached hydrogens (primary N) is 1. The van der Waals surface area contributed by atoms with E-state index in [9.17, 15) is 0 Å². The monoisotopic (exact) mass is 382 g/mol. The molecule has 19 heavy (non-hydrogen) atoms. The number of nitrogen functional groups attached to an aromatic ring is 1. The predicted molar refractivity (Wildman–Crippen MR) is 87.9 cm³/mol. The first kappa shape index (κ1) is 14.6. The fourth-order valence-electron chi connectivity index (χ4n) is 1.98. The van der Waals surface area contributed by atoms with Crippen LogP contribution in [0, 0.1) is 0 Å². The number of rotatable bonds is 4. The summed E-state index contributed by atoms with van der Waals surface area (Å²) in [6, 6.07) is 14.2. The van der Waals surface area contributed by atoms with Gasteiger partial charge in [-0.05, 0) is 42.4 Å². The average molecular weight is 384 g/mol. The maximum absolute atomic E-state index is 5.83. The van der Waals surface area contributed by atoms with Crippen LogP contribution < -0.4 is 5.73 Å². The van der Waals surface area contributed by atoms with Crippen LogP contribution in [0.1, 0.15) is 11.1 Å². The predicted octanol–water partition coefficient (Wildman–Crippen LogP) is 4.43. The second-order valence-electron chi connectivity index (χ2n) is 4.61. The van der Waals surface area contributed by atoms with E-state index in [0.717, 1.165) is 27.7 Å². The Morgan fingerprint density at radius 2 is 1.58 bits per heavy atom. The van der Waals surface area contributed by atoms with Gasteiger partial charge in [0.25, 0.3) is 0 Å². The van der Waals surface area contributed by atoms with E-state index in [4.69, 9.17) is 5.73 Å². The van der Waals surface area contributed by atoms with Crippen LogP contribution in [0.2, 0.25) is 0 Å². The number of nitrogens with zero attached hydrogens (tertiary/aromatic N) is 1. The van der Waals surface area contributed by atoms with Crippen molar-refractivity contribution in [2.75, 3.05) is 12.8 Å². The molecule has 0 unspecified atom stereocenters. The highest BCUT2D eigenvalue weighted by atomic mass is 79.9. The normalized spacial score (nSPS) is 10.9. The van der Waals surface area contributed by atoms with Crippen molar-refractivity contribution in [2.24, 2.45) is 0 Å². The summed E-state index contributed by atoms with van der Waals surface area (Å²) >= 11 is 7.15. The van der Waals surface area contributed by atoms with Gasteiger partial charge in [0, 0.05) is 27.7 Å². The zero-order valence-corrected chi connectivity index (χ0v) is 13.9. The molecule has 0 bridgehead atoms. The van der Waals surface area contributed by atoms with Crippen LogP contribution in [-0.2, 0) is 13.1 Å². The molecule has 0 saturated carbocycles. The molecule has 4 heteroatoms. The van der Waals surface area contributed by atoms with E-state index >= 15 is 0 Å². The van der Waals surface area contributed by atoms with Crippen LogP contribution in [0.15, 0.2) is 51.4 Å². The summed E-state index contributed by atoms with van der Waals surface area (Å²) in [7, 11) is 2.11. The summed E-state index contributed by atoms with van der Waals surface area (Å²) in [6.45, 7) is 1.75. The van der Waals surface area contributed by atoms with Crippen LogP contribution >= 0.6 is 31.9 Å². The molecule has 0 saturated heterocycles. The van der Waals surface area contributed by atoms with Gasteiger partial charge < -0.3 is 5.73 Å².